The standard InChI is InChI=1S/C21H27N3O/c1-15-5-9-17(10-6-15)23-21-22-14-13-20(24-21)16-7-11-19(12-8-16)25-18-3-2-4-18/h7-8,11-15,17-18H,2-6,9-10H2,1H3,(H,22,23,24). The van der Waals surface area contributed by atoms with Gasteiger partial charge in [0.2, 0.25) is 5.95 Å². The molecule has 2 fully saturated rings. The van der Waals surface area contributed by atoms with Crippen LogP contribution in [0.3, 0.4) is 0 Å². The Balaban J connectivity index is 1.41. The van der Waals surface area contributed by atoms with Gasteiger partial charge in [-0.05, 0) is 81.2 Å². The number of nitrogens with one attached hydrogen (secondary N) is 1. The van der Waals surface area contributed by atoms with Crippen molar-refractivity contribution in [2.24, 2.45) is 5.92 Å². The van der Waals surface area contributed by atoms with Gasteiger partial charge in [-0.2, -0.15) is 0 Å². The number of ether oxygens (including phenoxy) is 1. The van der Waals surface area contributed by atoms with Crippen LogP contribution in [0.15, 0.2) is 36.5 Å². The van der Waals surface area contributed by atoms with E-state index in [-0.39, 0.29) is 0 Å². The van der Waals surface area contributed by atoms with Gasteiger partial charge in [0.15, 0.2) is 0 Å². The summed E-state index contributed by atoms with van der Waals surface area (Å²) in [4.78, 5) is 9.12. The van der Waals surface area contributed by atoms with E-state index < -0.39 is 0 Å². The summed E-state index contributed by atoms with van der Waals surface area (Å²) in [5, 5.41) is 3.52. The van der Waals surface area contributed by atoms with Gasteiger partial charge in [0, 0.05) is 17.8 Å². The number of hydrogen-bond acceptors (Lipinski definition) is 4. The molecule has 2 saturated carbocycles. The fraction of sp³-hybridized carbons (Fsp3) is 0.524. The Morgan fingerprint density at radius 3 is 2.40 bits per heavy atom. The second kappa shape index (κ2) is 7.42. The van der Waals surface area contributed by atoms with E-state index in [0.717, 1.165) is 28.9 Å². The first-order chi connectivity index (χ1) is 12.3. The molecular weight excluding hydrogens is 310 g/mol. The van der Waals surface area contributed by atoms with Crippen molar-refractivity contribution in [3.63, 3.8) is 0 Å². The van der Waals surface area contributed by atoms with Crippen molar-refractivity contribution in [2.45, 2.75) is 64.0 Å². The summed E-state index contributed by atoms with van der Waals surface area (Å²) in [6, 6.07) is 10.7. The van der Waals surface area contributed by atoms with Gasteiger partial charge in [0.25, 0.3) is 0 Å². The molecule has 4 nitrogen and oxygen atoms in total. The topological polar surface area (TPSA) is 47.0 Å². The maximum Gasteiger partial charge on any atom is 0.223 e. The number of hydrogen-bond donors (Lipinski definition) is 1. The van der Waals surface area contributed by atoms with E-state index in [1.807, 2.05) is 24.4 Å². The lowest BCUT2D eigenvalue weighted by molar-refractivity contribution is 0.120. The fourth-order valence-corrected chi connectivity index (χ4v) is 3.56. The van der Waals surface area contributed by atoms with Crippen molar-refractivity contribution >= 4 is 5.95 Å². The third-order valence-electron chi connectivity index (χ3n) is 5.51. The summed E-state index contributed by atoms with van der Waals surface area (Å²) < 4.78 is 5.93. The Kier molecular flexibility index (Phi) is 4.86. The van der Waals surface area contributed by atoms with Crippen LogP contribution in [0.4, 0.5) is 5.95 Å². The molecule has 1 aromatic carbocycles. The molecule has 1 N–H and O–H groups in total. The van der Waals surface area contributed by atoms with E-state index in [4.69, 9.17) is 9.72 Å². The molecule has 2 aliphatic rings. The zero-order valence-electron chi connectivity index (χ0n) is 14.9. The van der Waals surface area contributed by atoms with Crippen LogP contribution < -0.4 is 10.1 Å². The zero-order chi connectivity index (χ0) is 17.1. The van der Waals surface area contributed by atoms with Crippen molar-refractivity contribution in [3.8, 4) is 17.0 Å². The highest BCUT2D eigenvalue weighted by atomic mass is 16.5. The highest BCUT2D eigenvalue weighted by molar-refractivity contribution is 5.61. The number of nitrogens with zero attached hydrogens (tertiary/aromatic N) is 2. The average Bonchev–Trinajstić information content (AvgIpc) is 2.61. The van der Waals surface area contributed by atoms with Crippen LogP contribution >= 0.6 is 0 Å². The summed E-state index contributed by atoms with van der Waals surface area (Å²) in [5.41, 5.74) is 2.06. The minimum Gasteiger partial charge on any atom is -0.490 e. The van der Waals surface area contributed by atoms with Crippen molar-refractivity contribution in [2.75, 3.05) is 5.32 Å². The molecule has 2 aromatic rings. The molecule has 0 aliphatic heterocycles. The maximum absolute atomic E-state index is 5.93. The van der Waals surface area contributed by atoms with Gasteiger partial charge in [-0.3, -0.25) is 0 Å². The van der Waals surface area contributed by atoms with E-state index >= 15 is 0 Å². The first-order valence-electron chi connectivity index (χ1n) is 9.63. The molecule has 0 amide bonds. The van der Waals surface area contributed by atoms with Crippen LogP contribution in [0, 0.1) is 5.92 Å². The van der Waals surface area contributed by atoms with E-state index in [9.17, 15) is 0 Å². The van der Waals surface area contributed by atoms with Gasteiger partial charge in [0.05, 0.1) is 11.8 Å². The fourth-order valence-electron chi connectivity index (χ4n) is 3.56. The van der Waals surface area contributed by atoms with Crippen molar-refractivity contribution in [1.29, 1.82) is 0 Å². The largest absolute Gasteiger partial charge is 0.490 e. The minimum absolute atomic E-state index is 0.416. The first kappa shape index (κ1) is 16.4. The molecule has 4 heteroatoms. The van der Waals surface area contributed by atoms with Gasteiger partial charge >= 0.3 is 0 Å². The lowest BCUT2D eigenvalue weighted by Gasteiger charge is -2.27. The monoisotopic (exact) mass is 337 g/mol. The molecule has 0 spiro atoms. The second-order valence-corrected chi connectivity index (χ2v) is 7.56. The highest BCUT2D eigenvalue weighted by Gasteiger charge is 2.20. The average molecular weight is 337 g/mol. The molecule has 1 aromatic heterocycles. The van der Waals surface area contributed by atoms with Crippen LogP contribution in [0.5, 0.6) is 5.75 Å². The smallest absolute Gasteiger partial charge is 0.223 e. The van der Waals surface area contributed by atoms with E-state index in [1.165, 1.54) is 44.9 Å². The molecular formula is C21H27N3O. The Labute approximate surface area is 150 Å². The van der Waals surface area contributed by atoms with Gasteiger partial charge in [-0.1, -0.05) is 6.92 Å². The number of rotatable bonds is 5. The number of aromatic nitrogens is 2. The summed E-state index contributed by atoms with van der Waals surface area (Å²) in [5.74, 6) is 2.55. The Morgan fingerprint density at radius 2 is 1.72 bits per heavy atom. The van der Waals surface area contributed by atoms with Crippen LogP contribution in [-0.2, 0) is 0 Å². The zero-order valence-corrected chi connectivity index (χ0v) is 14.9. The second-order valence-electron chi connectivity index (χ2n) is 7.56. The molecule has 0 atom stereocenters. The van der Waals surface area contributed by atoms with E-state index in [1.54, 1.807) is 0 Å². The van der Waals surface area contributed by atoms with E-state index in [2.05, 4.69) is 29.4 Å². The molecule has 132 valence electrons. The minimum atomic E-state index is 0.416. The molecule has 0 radical (unpaired) electrons. The first-order valence-corrected chi connectivity index (χ1v) is 9.63. The van der Waals surface area contributed by atoms with Gasteiger partial charge < -0.3 is 10.1 Å². The molecule has 2 aliphatic carbocycles. The molecule has 0 unspecified atom stereocenters. The third kappa shape index (κ3) is 4.12. The Morgan fingerprint density at radius 1 is 0.960 bits per heavy atom. The summed E-state index contributed by atoms with van der Waals surface area (Å²) in [6.45, 7) is 2.34. The third-order valence-corrected chi connectivity index (χ3v) is 5.51. The molecule has 0 bridgehead atoms. The molecule has 0 saturated heterocycles. The van der Waals surface area contributed by atoms with Gasteiger partial charge in [-0.25, -0.2) is 9.97 Å². The quantitative estimate of drug-likeness (QED) is 0.828. The normalized spacial score (nSPS) is 23.7. The predicted molar refractivity (Wildman–Crippen MR) is 101 cm³/mol. The number of anilines is 1. The van der Waals surface area contributed by atoms with Crippen LogP contribution in [0.2, 0.25) is 0 Å². The molecule has 4 rings (SSSR count). The lowest BCUT2D eigenvalue weighted by atomic mass is 9.87. The van der Waals surface area contributed by atoms with Gasteiger partial charge in [-0.15, -0.1) is 0 Å². The molecule has 1 heterocycles. The molecule has 25 heavy (non-hydrogen) atoms. The van der Waals surface area contributed by atoms with Crippen LogP contribution in [0.25, 0.3) is 11.3 Å². The van der Waals surface area contributed by atoms with Gasteiger partial charge in [0.1, 0.15) is 5.75 Å². The number of benzene rings is 1. The van der Waals surface area contributed by atoms with E-state index in [0.29, 0.717) is 12.1 Å². The van der Waals surface area contributed by atoms with Crippen molar-refractivity contribution in [1.82, 2.24) is 9.97 Å². The maximum atomic E-state index is 5.93. The lowest BCUT2D eigenvalue weighted by Crippen LogP contribution is -2.26. The predicted octanol–water partition coefficient (Wildman–Crippen LogP) is 5.07. The van der Waals surface area contributed by atoms with Crippen molar-refractivity contribution < 1.29 is 4.74 Å². The summed E-state index contributed by atoms with van der Waals surface area (Å²) in [6.07, 6.45) is 10.9. The summed E-state index contributed by atoms with van der Waals surface area (Å²) in [7, 11) is 0. The highest BCUT2D eigenvalue weighted by Crippen LogP contribution is 2.28. The SMILES string of the molecule is CC1CCC(Nc2nccc(-c3ccc(OC4CCC4)cc3)n2)CC1. The Bertz CT molecular complexity index is 689. The van der Waals surface area contributed by atoms with Crippen LogP contribution in [0.1, 0.15) is 51.9 Å². The summed E-state index contributed by atoms with van der Waals surface area (Å²) >= 11 is 0. The van der Waals surface area contributed by atoms with Crippen molar-refractivity contribution in [3.05, 3.63) is 36.5 Å². The van der Waals surface area contributed by atoms with Crippen LogP contribution in [-0.4, -0.2) is 22.1 Å². The Hall–Kier alpha value is -2.10.